The van der Waals surface area contributed by atoms with Gasteiger partial charge in [-0.1, -0.05) is 34.1 Å². The minimum atomic E-state index is -0.0989. The summed E-state index contributed by atoms with van der Waals surface area (Å²) < 4.78 is 2.71. The zero-order valence-corrected chi connectivity index (χ0v) is 12.6. The molecule has 0 saturated carbocycles. The molecule has 19 heavy (non-hydrogen) atoms. The Balaban J connectivity index is 2.07. The Hall–Kier alpha value is -1.62. The number of nitrogens with zero attached hydrogens (tertiary/aromatic N) is 2. The number of hydrogen-bond donors (Lipinski definition) is 1. The van der Waals surface area contributed by atoms with Gasteiger partial charge in [-0.2, -0.15) is 5.10 Å². The van der Waals surface area contributed by atoms with E-state index < -0.39 is 0 Å². The largest absolute Gasteiger partial charge is 0.347 e. The fourth-order valence-electron chi connectivity index (χ4n) is 1.88. The predicted molar refractivity (Wildman–Crippen MR) is 78.0 cm³/mol. The number of halogens is 1. The van der Waals surface area contributed by atoms with Crippen LogP contribution in [-0.2, 0) is 13.1 Å². The number of benzene rings is 1. The molecule has 1 N–H and O–H groups in total. The van der Waals surface area contributed by atoms with Gasteiger partial charge in [0.25, 0.3) is 5.91 Å². The van der Waals surface area contributed by atoms with Crippen molar-refractivity contribution in [2.24, 2.45) is 0 Å². The summed E-state index contributed by atoms with van der Waals surface area (Å²) in [4.78, 5) is 12.1. The molecule has 0 unspecified atom stereocenters. The Bertz CT molecular complexity index is 592. The third kappa shape index (κ3) is 3.23. The number of amides is 1. The van der Waals surface area contributed by atoms with E-state index in [0.29, 0.717) is 18.8 Å². The summed E-state index contributed by atoms with van der Waals surface area (Å²) in [6, 6.07) is 9.64. The molecule has 2 rings (SSSR count). The van der Waals surface area contributed by atoms with Gasteiger partial charge in [0.1, 0.15) is 5.69 Å². The van der Waals surface area contributed by atoms with Crippen molar-refractivity contribution < 1.29 is 4.79 Å². The average molecular weight is 322 g/mol. The summed E-state index contributed by atoms with van der Waals surface area (Å²) in [5.41, 5.74) is 2.51. The normalized spacial score (nSPS) is 10.5. The van der Waals surface area contributed by atoms with Crippen LogP contribution in [0.3, 0.4) is 0 Å². The van der Waals surface area contributed by atoms with Crippen molar-refractivity contribution in [3.8, 4) is 0 Å². The van der Waals surface area contributed by atoms with Gasteiger partial charge < -0.3 is 5.32 Å². The molecular weight excluding hydrogens is 306 g/mol. The van der Waals surface area contributed by atoms with Crippen LogP contribution < -0.4 is 5.32 Å². The summed E-state index contributed by atoms with van der Waals surface area (Å²) in [6.45, 7) is 5.04. The van der Waals surface area contributed by atoms with Crippen LogP contribution in [0.25, 0.3) is 0 Å². The number of aromatic nitrogens is 2. The lowest BCUT2D eigenvalue weighted by molar-refractivity contribution is 0.0940. The van der Waals surface area contributed by atoms with E-state index in [1.807, 2.05) is 38.1 Å². The van der Waals surface area contributed by atoms with Crippen molar-refractivity contribution >= 4 is 21.8 Å². The van der Waals surface area contributed by atoms with E-state index in [-0.39, 0.29) is 5.91 Å². The summed E-state index contributed by atoms with van der Waals surface area (Å²) in [5, 5.41) is 7.18. The summed E-state index contributed by atoms with van der Waals surface area (Å²) in [7, 11) is 0. The predicted octanol–water partition coefficient (Wildman–Crippen LogP) is 2.90. The van der Waals surface area contributed by atoms with Gasteiger partial charge in [0.2, 0.25) is 0 Å². The van der Waals surface area contributed by atoms with Crippen molar-refractivity contribution in [3.05, 3.63) is 51.8 Å². The van der Waals surface area contributed by atoms with Crippen LogP contribution >= 0.6 is 15.9 Å². The molecule has 1 aromatic heterocycles. The number of hydrogen-bond acceptors (Lipinski definition) is 2. The smallest absolute Gasteiger partial charge is 0.269 e. The molecular formula is C14H16BrN3O. The lowest BCUT2D eigenvalue weighted by atomic mass is 10.2. The zero-order chi connectivity index (χ0) is 13.8. The molecule has 0 bridgehead atoms. The topological polar surface area (TPSA) is 46.9 Å². The van der Waals surface area contributed by atoms with Crippen LogP contribution in [0.1, 0.15) is 28.7 Å². The molecule has 0 atom stereocenters. The van der Waals surface area contributed by atoms with Crippen molar-refractivity contribution in [3.63, 3.8) is 0 Å². The molecule has 0 aliphatic rings. The molecule has 1 amide bonds. The van der Waals surface area contributed by atoms with Gasteiger partial charge in [-0.25, -0.2) is 0 Å². The standard InChI is InChI=1S/C14H16BrN3O/c1-3-18-13(8-10(2)17-18)14(19)16-9-11-6-4-5-7-12(11)15/h4-8H,3,9H2,1-2H3,(H,16,19). The molecule has 100 valence electrons. The minimum absolute atomic E-state index is 0.0989. The van der Waals surface area contributed by atoms with E-state index >= 15 is 0 Å². The van der Waals surface area contributed by atoms with E-state index in [9.17, 15) is 4.79 Å². The first-order chi connectivity index (χ1) is 9.11. The monoisotopic (exact) mass is 321 g/mol. The molecule has 0 saturated heterocycles. The maximum Gasteiger partial charge on any atom is 0.269 e. The van der Waals surface area contributed by atoms with Gasteiger partial charge in [-0.3, -0.25) is 9.48 Å². The molecule has 5 heteroatoms. The van der Waals surface area contributed by atoms with Gasteiger partial charge in [0.05, 0.1) is 5.69 Å². The third-order valence-corrected chi connectivity index (χ3v) is 3.61. The quantitative estimate of drug-likeness (QED) is 0.941. The lowest BCUT2D eigenvalue weighted by Crippen LogP contribution is -2.25. The third-order valence-electron chi connectivity index (χ3n) is 2.83. The summed E-state index contributed by atoms with van der Waals surface area (Å²) in [6.07, 6.45) is 0. The zero-order valence-electron chi connectivity index (χ0n) is 11.0. The molecule has 4 nitrogen and oxygen atoms in total. The maximum absolute atomic E-state index is 12.1. The number of aryl methyl sites for hydroxylation is 2. The molecule has 1 aromatic carbocycles. The van der Waals surface area contributed by atoms with Gasteiger partial charge in [0, 0.05) is 17.6 Å². The van der Waals surface area contributed by atoms with E-state index in [1.165, 1.54) is 0 Å². The van der Waals surface area contributed by atoms with Crippen molar-refractivity contribution in [1.29, 1.82) is 0 Å². The van der Waals surface area contributed by atoms with Gasteiger partial charge >= 0.3 is 0 Å². The van der Waals surface area contributed by atoms with Crippen LogP contribution in [-0.4, -0.2) is 15.7 Å². The van der Waals surface area contributed by atoms with Crippen LogP contribution in [0.15, 0.2) is 34.8 Å². The van der Waals surface area contributed by atoms with Crippen molar-refractivity contribution in [1.82, 2.24) is 15.1 Å². The molecule has 2 aromatic rings. The molecule has 0 fully saturated rings. The first-order valence-electron chi connectivity index (χ1n) is 6.18. The fraction of sp³-hybridized carbons (Fsp3) is 0.286. The van der Waals surface area contributed by atoms with E-state index in [1.54, 1.807) is 10.7 Å². The average Bonchev–Trinajstić information content (AvgIpc) is 2.79. The van der Waals surface area contributed by atoms with E-state index in [4.69, 9.17) is 0 Å². The van der Waals surface area contributed by atoms with Crippen LogP contribution in [0, 0.1) is 6.92 Å². The van der Waals surface area contributed by atoms with E-state index in [2.05, 4.69) is 26.3 Å². The van der Waals surface area contributed by atoms with Crippen molar-refractivity contribution in [2.75, 3.05) is 0 Å². The molecule has 0 aliphatic heterocycles. The SMILES string of the molecule is CCn1nc(C)cc1C(=O)NCc1ccccc1Br. The second kappa shape index (κ2) is 6.02. The number of nitrogens with one attached hydrogen (secondary N) is 1. The highest BCUT2D eigenvalue weighted by atomic mass is 79.9. The minimum Gasteiger partial charge on any atom is -0.347 e. The fourth-order valence-corrected chi connectivity index (χ4v) is 2.30. The molecule has 0 radical (unpaired) electrons. The van der Waals surface area contributed by atoms with Gasteiger partial charge in [-0.05, 0) is 31.5 Å². The number of carbonyl (C=O) groups is 1. The van der Waals surface area contributed by atoms with Gasteiger partial charge in [0.15, 0.2) is 0 Å². The number of rotatable bonds is 4. The second-order valence-corrected chi connectivity index (χ2v) is 5.12. The Morgan fingerprint density at radius 1 is 1.42 bits per heavy atom. The van der Waals surface area contributed by atoms with Crippen LogP contribution in [0.4, 0.5) is 0 Å². The summed E-state index contributed by atoms with van der Waals surface area (Å²) in [5.74, 6) is -0.0989. The first kappa shape index (κ1) is 13.8. The molecule has 1 heterocycles. The highest BCUT2D eigenvalue weighted by molar-refractivity contribution is 9.10. The second-order valence-electron chi connectivity index (χ2n) is 4.26. The highest BCUT2D eigenvalue weighted by Gasteiger charge is 2.12. The van der Waals surface area contributed by atoms with Gasteiger partial charge in [-0.15, -0.1) is 0 Å². The Labute approximate surface area is 120 Å². The molecule has 0 aliphatic carbocycles. The van der Waals surface area contributed by atoms with Crippen LogP contribution in [0.5, 0.6) is 0 Å². The maximum atomic E-state index is 12.1. The summed E-state index contributed by atoms with van der Waals surface area (Å²) >= 11 is 3.47. The first-order valence-corrected chi connectivity index (χ1v) is 6.97. The highest BCUT2D eigenvalue weighted by Crippen LogP contribution is 2.15. The Kier molecular flexibility index (Phi) is 4.37. The van der Waals surface area contributed by atoms with E-state index in [0.717, 1.165) is 15.7 Å². The molecule has 0 spiro atoms. The Morgan fingerprint density at radius 3 is 2.84 bits per heavy atom. The lowest BCUT2D eigenvalue weighted by Gasteiger charge is -2.08. The Morgan fingerprint density at radius 2 is 2.16 bits per heavy atom. The van der Waals surface area contributed by atoms with Crippen LogP contribution in [0.2, 0.25) is 0 Å². The van der Waals surface area contributed by atoms with Crippen molar-refractivity contribution in [2.45, 2.75) is 26.9 Å². The number of carbonyl (C=O) groups excluding carboxylic acids is 1.